The van der Waals surface area contributed by atoms with Gasteiger partial charge in [-0.1, -0.05) is 0 Å². The van der Waals surface area contributed by atoms with Gasteiger partial charge < -0.3 is 21.2 Å². The van der Waals surface area contributed by atoms with Crippen LogP contribution in [0.25, 0.3) is 0 Å². The smallest absolute Gasteiger partial charge is 0.410 e. The van der Waals surface area contributed by atoms with Crippen LogP contribution >= 0.6 is 0 Å². The van der Waals surface area contributed by atoms with Gasteiger partial charge in [-0.3, -0.25) is 0 Å². The lowest BCUT2D eigenvalue weighted by molar-refractivity contribution is -0.417. The summed E-state index contributed by atoms with van der Waals surface area (Å²) in [7, 11) is 0. The van der Waals surface area contributed by atoms with Gasteiger partial charge in [0.1, 0.15) is 0 Å². The molecule has 0 bridgehead atoms. The summed E-state index contributed by atoms with van der Waals surface area (Å²) >= 11 is 0. The monoisotopic (exact) mass is 426 g/mol. The van der Waals surface area contributed by atoms with Crippen LogP contribution in [0.4, 0.5) is 52.7 Å². The van der Waals surface area contributed by atoms with E-state index in [0.29, 0.717) is 0 Å². The first kappa shape index (κ1) is 28.8. The molecule has 0 aliphatic rings. The third-order valence-corrected chi connectivity index (χ3v) is 2.51. The van der Waals surface area contributed by atoms with Crippen molar-refractivity contribution in [3.8, 4) is 0 Å². The first-order valence-corrected chi connectivity index (χ1v) is 4.87. The van der Waals surface area contributed by atoms with E-state index in [-0.39, 0.29) is 11.0 Å². The van der Waals surface area contributed by atoms with Crippen LogP contribution in [0, 0.1) is 0 Å². The molecule has 0 unspecified atom stereocenters. The average Bonchev–Trinajstić information content (AvgIpc) is 2.36. The SMILES string of the molecule is O.O.O=C(O)C(F)(F)C(F)(F)C(F)(F)C(F)(F)C(F)(F)C(F)(F)C(=O)O. The molecule has 0 atom stereocenters. The van der Waals surface area contributed by atoms with Crippen molar-refractivity contribution in [1.82, 2.24) is 0 Å². The second kappa shape index (κ2) is 6.97. The highest BCUT2D eigenvalue weighted by Crippen LogP contribution is 2.59. The molecule has 0 heterocycles. The predicted molar refractivity (Wildman–Crippen MR) is 52.2 cm³/mol. The van der Waals surface area contributed by atoms with Gasteiger partial charge in [-0.25, -0.2) is 9.59 Å². The van der Waals surface area contributed by atoms with E-state index in [1.807, 2.05) is 0 Å². The minimum Gasteiger partial charge on any atom is -0.477 e. The van der Waals surface area contributed by atoms with E-state index in [2.05, 4.69) is 0 Å². The zero-order chi connectivity index (χ0) is 20.2. The molecule has 0 saturated heterocycles. The maximum Gasteiger partial charge on any atom is 0.410 e. The fourth-order valence-electron chi connectivity index (χ4n) is 1.06. The molecule has 0 spiro atoms. The minimum absolute atomic E-state index is 0. The van der Waals surface area contributed by atoms with Gasteiger partial charge in [0.15, 0.2) is 0 Å². The van der Waals surface area contributed by atoms with Gasteiger partial charge in [0, 0.05) is 0 Å². The van der Waals surface area contributed by atoms with Gasteiger partial charge in [0.25, 0.3) is 0 Å². The Bertz CT molecular complexity index is 496. The highest BCUT2D eigenvalue weighted by molar-refractivity contribution is 5.78. The Morgan fingerprint density at radius 1 is 0.462 bits per heavy atom. The van der Waals surface area contributed by atoms with Crippen LogP contribution in [0.2, 0.25) is 0 Å². The fraction of sp³-hybridized carbons (Fsp3) is 0.750. The first-order valence-electron chi connectivity index (χ1n) is 4.87. The number of carboxylic acid groups (broad SMARTS) is 2. The number of hydrogen-bond acceptors (Lipinski definition) is 2. The van der Waals surface area contributed by atoms with E-state index in [1.54, 1.807) is 0 Å². The summed E-state index contributed by atoms with van der Waals surface area (Å²) in [6.07, 6.45) is 0. The lowest BCUT2D eigenvalue weighted by atomic mass is 9.91. The number of halogens is 12. The Balaban J connectivity index is -0.00000264. The molecular formula is C8H6F12O6. The van der Waals surface area contributed by atoms with E-state index >= 15 is 0 Å². The second-order valence-corrected chi connectivity index (χ2v) is 4.06. The van der Waals surface area contributed by atoms with Crippen LogP contribution in [0.1, 0.15) is 0 Å². The van der Waals surface area contributed by atoms with Crippen LogP contribution in [0.15, 0.2) is 0 Å². The zero-order valence-electron chi connectivity index (χ0n) is 11.2. The quantitative estimate of drug-likeness (QED) is 0.593. The average molecular weight is 426 g/mol. The van der Waals surface area contributed by atoms with E-state index in [9.17, 15) is 62.3 Å². The van der Waals surface area contributed by atoms with Gasteiger partial charge in [-0.05, 0) is 0 Å². The molecule has 0 aliphatic carbocycles. The summed E-state index contributed by atoms with van der Waals surface area (Å²) < 4.78 is 152. The zero-order valence-corrected chi connectivity index (χ0v) is 11.2. The molecule has 6 nitrogen and oxygen atoms in total. The molecule has 0 fully saturated rings. The van der Waals surface area contributed by atoms with E-state index < -0.39 is 47.5 Å². The molecule has 0 amide bonds. The number of alkyl halides is 12. The van der Waals surface area contributed by atoms with Crippen molar-refractivity contribution in [3.63, 3.8) is 0 Å². The van der Waals surface area contributed by atoms with Crippen molar-refractivity contribution >= 4 is 11.9 Å². The Labute approximate surface area is 132 Å². The third kappa shape index (κ3) is 3.21. The molecule has 0 aromatic carbocycles. The molecule has 0 saturated carbocycles. The number of carboxylic acids is 2. The lowest BCUT2D eigenvalue weighted by Gasteiger charge is -2.39. The summed E-state index contributed by atoms with van der Waals surface area (Å²) in [4.78, 5) is 19.5. The molecule has 26 heavy (non-hydrogen) atoms. The maximum atomic E-state index is 12.9. The summed E-state index contributed by atoms with van der Waals surface area (Å²) in [5, 5.41) is 15.2. The highest BCUT2D eigenvalue weighted by atomic mass is 19.4. The van der Waals surface area contributed by atoms with Crippen LogP contribution < -0.4 is 0 Å². The largest absolute Gasteiger partial charge is 0.477 e. The second-order valence-electron chi connectivity index (χ2n) is 4.06. The molecule has 0 radical (unpaired) electrons. The molecule has 18 heteroatoms. The lowest BCUT2D eigenvalue weighted by Crippen LogP contribution is -2.72. The molecule has 0 aromatic rings. The molecular weight excluding hydrogens is 420 g/mol. The maximum absolute atomic E-state index is 12.9. The van der Waals surface area contributed by atoms with Crippen molar-refractivity contribution in [2.45, 2.75) is 35.5 Å². The van der Waals surface area contributed by atoms with Crippen LogP contribution in [-0.4, -0.2) is 68.6 Å². The minimum atomic E-state index is -8.11. The Morgan fingerprint density at radius 3 is 0.731 bits per heavy atom. The van der Waals surface area contributed by atoms with Crippen molar-refractivity contribution in [3.05, 3.63) is 0 Å². The Kier molecular flexibility index (Phi) is 7.72. The van der Waals surface area contributed by atoms with Gasteiger partial charge >= 0.3 is 47.5 Å². The molecule has 158 valence electrons. The van der Waals surface area contributed by atoms with Gasteiger partial charge in [-0.15, -0.1) is 0 Å². The molecule has 0 rings (SSSR count). The highest BCUT2D eigenvalue weighted by Gasteiger charge is 2.92. The Morgan fingerprint density at radius 2 is 0.615 bits per heavy atom. The first-order chi connectivity index (χ1) is 10.1. The normalized spacial score (nSPS) is 14.2. The van der Waals surface area contributed by atoms with E-state index in [4.69, 9.17) is 10.2 Å². The number of aliphatic carboxylic acids is 2. The van der Waals surface area contributed by atoms with E-state index in [1.165, 1.54) is 0 Å². The third-order valence-electron chi connectivity index (χ3n) is 2.51. The topological polar surface area (TPSA) is 138 Å². The van der Waals surface area contributed by atoms with Crippen molar-refractivity contribution < 1.29 is 83.4 Å². The van der Waals surface area contributed by atoms with Crippen molar-refractivity contribution in [2.24, 2.45) is 0 Å². The number of carbonyl (C=O) groups is 2. The van der Waals surface area contributed by atoms with E-state index in [0.717, 1.165) is 0 Å². The molecule has 0 aliphatic heterocycles. The van der Waals surface area contributed by atoms with Gasteiger partial charge in [-0.2, -0.15) is 52.7 Å². The summed E-state index contributed by atoms with van der Waals surface area (Å²) in [6, 6.07) is 0. The van der Waals surface area contributed by atoms with Crippen LogP contribution in [0.3, 0.4) is 0 Å². The van der Waals surface area contributed by atoms with Crippen LogP contribution in [0.5, 0.6) is 0 Å². The molecule has 6 N–H and O–H groups in total. The molecule has 0 aromatic heterocycles. The summed E-state index contributed by atoms with van der Waals surface area (Å²) in [6.45, 7) is 0. The predicted octanol–water partition coefficient (Wildman–Crippen LogP) is 1.32. The van der Waals surface area contributed by atoms with Crippen molar-refractivity contribution in [1.29, 1.82) is 0 Å². The summed E-state index contributed by atoms with van der Waals surface area (Å²) in [5.41, 5.74) is 0. The van der Waals surface area contributed by atoms with Gasteiger partial charge in [0.05, 0.1) is 0 Å². The Hall–Kier alpha value is -1.98. The summed E-state index contributed by atoms with van der Waals surface area (Å²) in [5.74, 6) is -54.4. The van der Waals surface area contributed by atoms with Crippen molar-refractivity contribution in [2.75, 3.05) is 0 Å². The van der Waals surface area contributed by atoms with Crippen LogP contribution in [-0.2, 0) is 9.59 Å². The van der Waals surface area contributed by atoms with Gasteiger partial charge in [0.2, 0.25) is 0 Å². The fourth-order valence-corrected chi connectivity index (χ4v) is 1.06. The number of hydrogen-bond donors (Lipinski definition) is 2. The standard InChI is InChI=1S/C8H2F12O4.2H2O/c9-3(10,1(21)22)5(13,14)7(17,18)8(19,20)6(15,16)4(11,12)2(23)24;;/h(H,21,22)(H,23,24);2*1H2. The number of rotatable bonds is 7.